The molecule has 124 valence electrons. The molecule has 0 aliphatic rings. The number of nitrogens with one attached hydrogen (secondary N) is 1. The highest BCUT2D eigenvalue weighted by Gasteiger charge is 2.08. The van der Waals surface area contributed by atoms with E-state index >= 15 is 0 Å². The van der Waals surface area contributed by atoms with Gasteiger partial charge in [-0.3, -0.25) is 4.79 Å². The number of thioether (sulfide) groups is 1. The van der Waals surface area contributed by atoms with E-state index in [2.05, 4.69) is 20.8 Å². The maximum atomic E-state index is 11.7. The van der Waals surface area contributed by atoms with Gasteiger partial charge in [0.2, 0.25) is 21.1 Å². The third-order valence-corrected chi connectivity index (χ3v) is 4.84. The van der Waals surface area contributed by atoms with E-state index in [1.807, 2.05) is 0 Å². The van der Waals surface area contributed by atoms with Gasteiger partial charge < -0.3 is 5.32 Å². The summed E-state index contributed by atoms with van der Waals surface area (Å²) in [6.07, 6.45) is 0.590. The number of aromatic nitrogens is 4. The predicted octanol–water partition coefficient (Wildman–Crippen LogP) is -0.691. The molecule has 1 amide bonds. The van der Waals surface area contributed by atoms with Crippen LogP contribution in [0.2, 0.25) is 0 Å². The quantitative estimate of drug-likeness (QED) is 0.627. The van der Waals surface area contributed by atoms with Crippen molar-refractivity contribution in [1.82, 2.24) is 25.5 Å². The van der Waals surface area contributed by atoms with Gasteiger partial charge in [-0.15, -0.1) is 5.10 Å². The number of amides is 1. The lowest BCUT2D eigenvalue weighted by atomic mass is 10.1. The van der Waals surface area contributed by atoms with E-state index in [1.54, 1.807) is 19.2 Å². The molecule has 0 atom stereocenters. The monoisotopic (exact) mass is 356 g/mol. The van der Waals surface area contributed by atoms with Gasteiger partial charge in [0.15, 0.2) is 0 Å². The van der Waals surface area contributed by atoms with Crippen molar-refractivity contribution in [2.75, 3.05) is 12.3 Å². The van der Waals surface area contributed by atoms with Crippen molar-refractivity contribution in [3.05, 3.63) is 29.8 Å². The van der Waals surface area contributed by atoms with Crippen LogP contribution in [0.25, 0.3) is 0 Å². The number of sulfonamides is 1. The van der Waals surface area contributed by atoms with Crippen molar-refractivity contribution in [1.29, 1.82) is 0 Å². The second-order valence-corrected chi connectivity index (χ2v) is 7.17. The van der Waals surface area contributed by atoms with Crippen LogP contribution in [-0.2, 0) is 28.3 Å². The Balaban J connectivity index is 1.74. The summed E-state index contributed by atoms with van der Waals surface area (Å²) >= 11 is 1.25. The predicted molar refractivity (Wildman–Crippen MR) is 84.1 cm³/mol. The van der Waals surface area contributed by atoms with Crippen molar-refractivity contribution in [3.63, 3.8) is 0 Å². The number of carbonyl (C=O) groups is 1. The third-order valence-electron chi connectivity index (χ3n) is 2.90. The number of nitrogens with two attached hydrogens (primary N) is 1. The highest BCUT2D eigenvalue weighted by Crippen LogP contribution is 2.11. The van der Waals surface area contributed by atoms with Crippen molar-refractivity contribution >= 4 is 27.7 Å². The number of nitrogens with zero attached hydrogens (tertiary/aromatic N) is 4. The van der Waals surface area contributed by atoms with E-state index in [9.17, 15) is 13.2 Å². The van der Waals surface area contributed by atoms with Gasteiger partial charge in [-0.05, 0) is 34.5 Å². The van der Waals surface area contributed by atoms with Gasteiger partial charge in [-0.1, -0.05) is 23.9 Å². The molecule has 0 radical (unpaired) electrons. The first-order valence-electron chi connectivity index (χ1n) is 6.60. The molecule has 1 heterocycles. The van der Waals surface area contributed by atoms with E-state index in [-0.39, 0.29) is 16.6 Å². The molecule has 1 aromatic heterocycles. The summed E-state index contributed by atoms with van der Waals surface area (Å²) in [7, 11) is -1.98. The maximum Gasteiger partial charge on any atom is 0.238 e. The van der Waals surface area contributed by atoms with E-state index in [0.717, 1.165) is 5.56 Å². The Kier molecular flexibility index (Phi) is 5.69. The Hall–Kier alpha value is -1.98. The Morgan fingerprint density at radius 1 is 1.35 bits per heavy atom. The number of rotatable bonds is 7. The second-order valence-electron chi connectivity index (χ2n) is 4.66. The lowest BCUT2D eigenvalue weighted by Crippen LogP contribution is -2.27. The fraction of sp³-hybridized carbons (Fsp3) is 0.333. The number of carbonyl (C=O) groups excluding carboxylic acids is 1. The summed E-state index contributed by atoms with van der Waals surface area (Å²) in [5.74, 6) is 0.0950. The fourth-order valence-corrected chi connectivity index (χ4v) is 2.91. The molecule has 0 saturated carbocycles. The number of hydrogen-bond acceptors (Lipinski definition) is 7. The zero-order valence-corrected chi connectivity index (χ0v) is 14.0. The second kappa shape index (κ2) is 7.53. The summed E-state index contributed by atoms with van der Waals surface area (Å²) in [6, 6.07) is 6.24. The van der Waals surface area contributed by atoms with Gasteiger partial charge in [0.05, 0.1) is 10.6 Å². The molecule has 2 rings (SSSR count). The van der Waals surface area contributed by atoms with Gasteiger partial charge >= 0.3 is 0 Å². The molecule has 0 unspecified atom stereocenters. The summed E-state index contributed by atoms with van der Waals surface area (Å²) in [6.45, 7) is 0.450. The van der Waals surface area contributed by atoms with Crippen LogP contribution in [0.3, 0.4) is 0 Å². The van der Waals surface area contributed by atoms with Crippen LogP contribution in [0.5, 0.6) is 0 Å². The number of primary sulfonamides is 1. The molecule has 23 heavy (non-hydrogen) atoms. The van der Waals surface area contributed by atoms with E-state index in [1.165, 1.54) is 28.6 Å². The Labute approximate surface area is 137 Å². The Morgan fingerprint density at radius 3 is 2.61 bits per heavy atom. The molecule has 0 aliphatic heterocycles. The zero-order valence-electron chi connectivity index (χ0n) is 12.3. The summed E-state index contributed by atoms with van der Waals surface area (Å²) < 4.78 is 23.8. The normalized spacial score (nSPS) is 11.4. The molecule has 0 bridgehead atoms. The summed E-state index contributed by atoms with van der Waals surface area (Å²) in [5, 5.41) is 19.3. The maximum absolute atomic E-state index is 11.7. The van der Waals surface area contributed by atoms with Crippen LogP contribution in [0.1, 0.15) is 5.56 Å². The van der Waals surface area contributed by atoms with Crippen LogP contribution in [-0.4, -0.2) is 46.8 Å². The highest BCUT2D eigenvalue weighted by atomic mass is 32.2. The minimum absolute atomic E-state index is 0.0685. The lowest BCUT2D eigenvalue weighted by molar-refractivity contribution is -0.118. The molecule has 1 aromatic carbocycles. The topological polar surface area (TPSA) is 133 Å². The van der Waals surface area contributed by atoms with Crippen molar-refractivity contribution in [2.45, 2.75) is 16.5 Å². The number of hydrogen-bond donors (Lipinski definition) is 2. The zero-order chi connectivity index (χ0) is 16.9. The number of benzene rings is 1. The van der Waals surface area contributed by atoms with E-state index in [4.69, 9.17) is 5.14 Å². The molecule has 0 fully saturated rings. The van der Waals surface area contributed by atoms with Gasteiger partial charge in [-0.2, -0.15) is 0 Å². The molecular formula is C12H16N6O3S2. The molecule has 11 heteroatoms. The first kappa shape index (κ1) is 17.4. The first-order valence-corrected chi connectivity index (χ1v) is 9.13. The smallest absolute Gasteiger partial charge is 0.238 e. The van der Waals surface area contributed by atoms with Gasteiger partial charge in [-0.25, -0.2) is 18.2 Å². The van der Waals surface area contributed by atoms with Crippen molar-refractivity contribution < 1.29 is 13.2 Å². The number of aryl methyl sites for hydroxylation is 1. The minimum atomic E-state index is -3.68. The first-order chi connectivity index (χ1) is 10.9. The molecule has 0 saturated heterocycles. The molecule has 0 aliphatic carbocycles. The SMILES string of the molecule is Cn1nnnc1SCC(=O)NCCc1ccc(S(N)(=O)=O)cc1. The minimum Gasteiger partial charge on any atom is -0.355 e. The third kappa shape index (κ3) is 5.30. The van der Waals surface area contributed by atoms with Crippen LogP contribution < -0.4 is 10.5 Å². The summed E-state index contributed by atoms with van der Waals surface area (Å²) in [5.41, 5.74) is 0.905. The van der Waals surface area contributed by atoms with Crippen molar-refractivity contribution in [2.24, 2.45) is 12.2 Å². The van der Waals surface area contributed by atoms with Crippen LogP contribution in [0.15, 0.2) is 34.3 Å². The molecule has 3 N–H and O–H groups in total. The molecule has 9 nitrogen and oxygen atoms in total. The average Bonchev–Trinajstić information content (AvgIpc) is 2.90. The van der Waals surface area contributed by atoms with Gasteiger partial charge in [0.25, 0.3) is 0 Å². The Bertz CT molecular complexity index is 772. The molecule has 0 spiro atoms. The molecule has 2 aromatic rings. The standard InChI is InChI=1S/C12H16N6O3S2/c1-18-12(15-16-17-18)22-8-11(19)14-7-6-9-2-4-10(5-3-9)23(13,20)21/h2-5H,6-8H2,1H3,(H,14,19)(H2,13,20,21). The Morgan fingerprint density at radius 2 is 2.04 bits per heavy atom. The fourth-order valence-electron chi connectivity index (χ4n) is 1.72. The van der Waals surface area contributed by atoms with Crippen molar-refractivity contribution in [3.8, 4) is 0 Å². The lowest BCUT2D eigenvalue weighted by Gasteiger charge is -2.05. The summed E-state index contributed by atoms with van der Waals surface area (Å²) in [4.78, 5) is 11.8. The van der Waals surface area contributed by atoms with Crippen LogP contribution in [0.4, 0.5) is 0 Å². The highest BCUT2D eigenvalue weighted by molar-refractivity contribution is 7.99. The van der Waals surface area contributed by atoms with E-state index in [0.29, 0.717) is 18.1 Å². The average molecular weight is 356 g/mol. The van der Waals surface area contributed by atoms with Gasteiger partial charge in [0.1, 0.15) is 0 Å². The van der Waals surface area contributed by atoms with Crippen LogP contribution in [0, 0.1) is 0 Å². The molecular weight excluding hydrogens is 340 g/mol. The van der Waals surface area contributed by atoms with E-state index < -0.39 is 10.0 Å². The number of tetrazole rings is 1. The van der Waals surface area contributed by atoms with Crippen LogP contribution >= 0.6 is 11.8 Å². The van der Waals surface area contributed by atoms with Gasteiger partial charge in [0, 0.05) is 13.6 Å². The largest absolute Gasteiger partial charge is 0.355 e.